The van der Waals surface area contributed by atoms with E-state index in [1.807, 2.05) is 29.2 Å². The highest BCUT2D eigenvalue weighted by Gasteiger charge is 2.24. The second-order valence-corrected chi connectivity index (χ2v) is 8.31. The molecule has 3 heterocycles. The number of rotatable bonds is 5. The number of carbonyl (C=O) groups excluding carboxylic acids is 1. The number of thiazole rings is 1. The summed E-state index contributed by atoms with van der Waals surface area (Å²) in [4.78, 5) is 24.4. The lowest BCUT2D eigenvalue weighted by molar-refractivity contribution is 0.0746. The maximum Gasteiger partial charge on any atom is 0.254 e. The molecular formula is C21H28N4O2S. The number of methoxy groups -OCH3 is 1. The number of hydrogen-bond donors (Lipinski definition) is 0. The quantitative estimate of drug-likeness (QED) is 0.772. The topological polar surface area (TPSA) is 48.9 Å². The van der Waals surface area contributed by atoms with Gasteiger partial charge in [0.2, 0.25) is 0 Å². The van der Waals surface area contributed by atoms with Crippen molar-refractivity contribution < 1.29 is 9.53 Å². The number of aromatic nitrogens is 1. The lowest BCUT2D eigenvalue weighted by Crippen LogP contribution is -2.48. The largest absolute Gasteiger partial charge is 0.497 e. The van der Waals surface area contributed by atoms with Crippen molar-refractivity contribution in [1.29, 1.82) is 0 Å². The van der Waals surface area contributed by atoms with Gasteiger partial charge in [0.25, 0.3) is 5.91 Å². The van der Waals surface area contributed by atoms with Gasteiger partial charge >= 0.3 is 0 Å². The van der Waals surface area contributed by atoms with Crippen LogP contribution in [0, 0.1) is 0 Å². The predicted molar refractivity (Wildman–Crippen MR) is 112 cm³/mol. The number of anilines is 1. The molecule has 0 saturated carbocycles. The number of carbonyl (C=O) groups is 1. The standard InChI is InChI=1S/C21H28N4O2S/c1-27-19-7-5-6-17(14-19)20(26)24-10-12-25(13-11-24)21-22-18(16-28-21)15-23-8-3-2-4-9-23/h5-7,14,16H,2-4,8-13,15H2,1H3. The minimum atomic E-state index is 0.0727. The summed E-state index contributed by atoms with van der Waals surface area (Å²) < 4.78 is 5.23. The first-order chi connectivity index (χ1) is 13.7. The van der Waals surface area contributed by atoms with Crippen LogP contribution in [0.5, 0.6) is 5.75 Å². The fraction of sp³-hybridized carbons (Fsp3) is 0.524. The zero-order valence-corrected chi connectivity index (χ0v) is 17.3. The molecule has 0 unspecified atom stereocenters. The number of nitrogens with zero attached hydrogens (tertiary/aromatic N) is 4. The summed E-state index contributed by atoms with van der Waals surface area (Å²) in [5, 5.41) is 3.28. The van der Waals surface area contributed by atoms with E-state index in [1.54, 1.807) is 18.4 Å². The number of piperidine rings is 1. The Morgan fingerprint density at radius 2 is 1.89 bits per heavy atom. The second kappa shape index (κ2) is 8.92. The second-order valence-electron chi connectivity index (χ2n) is 7.47. The maximum atomic E-state index is 12.8. The summed E-state index contributed by atoms with van der Waals surface area (Å²) in [5.41, 5.74) is 1.86. The van der Waals surface area contributed by atoms with E-state index in [0.29, 0.717) is 11.3 Å². The zero-order valence-electron chi connectivity index (χ0n) is 16.5. The summed E-state index contributed by atoms with van der Waals surface area (Å²) in [6, 6.07) is 7.38. The predicted octanol–water partition coefficient (Wildman–Crippen LogP) is 3.10. The van der Waals surface area contributed by atoms with Gasteiger partial charge < -0.3 is 14.5 Å². The molecule has 1 amide bonds. The Morgan fingerprint density at radius 3 is 2.64 bits per heavy atom. The van der Waals surface area contributed by atoms with Crippen molar-refractivity contribution in [2.24, 2.45) is 0 Å². The monoisotopic (exact) mass is 400 g/mol. The number of likely N-dealkylation sites (tertiary alicyclic amines) is 1. The van der Waals surface area contributed by atoms with Gasteiger partial charge in [-0.1, -0.05) is 12.5 Å². The Kier molecular flexibility index (Phi) is 6.12. The molecule has 7 heteroatoms. The van der Waals surface area contributed by atoms with E-state index in [2.05, 4.69) is 15.2 Å². The molecule has 0 bridgehead atoms. The normalized spacial score (nSPS) is 18.3. The number of hydrogen-bond acceptors (Lipinski definition) is 6. The van der Waals surface area contributed by atoms with Crippen LogP contribution in [0.1, 0.15) is 35.3 Å². The molecule has 2 aliphatic rings. The minimum absolute atomic E-state index is 0.0727. The average molecular weight is 401 g/mol. The van der Waals surface area contributed by atoms with Gasteiger partial charge in [-0.15, -0.1) is 11.3 Å². The highest BCUT2D eigenvalue weighted by molar-refractivity contribution is 7.13. The molecule has 2 fully saturated rings. The Hall–Kier alpha value is -2.12. The van der Waals surface area contributed by atoms with Crippen LogP contribution in [-0.2, 0) is 6.54 Å². The van der Waals surface area contributed by atoms with Crippen LogP contribution in [0.15, 0.2) is 29.6 Å². The van der Waals surface area contributed by atoms with E-state index in [9.17, 15) is 4.79 Å². The first-order valence-corrected chi connectivity index (χ1v) is 11.0. The molecule has 1 aromatic heterocycles. The highest BCUT2D eigenvalue weighted by atomic mass is 32.1. The van der Waals surface area contributed by atoms with Crippen LogP contribution in [0.3, 0.4) is 0 Å². The molecule has 0 spiro atoms. The van der Waals surface area contributed by atoms with E-state index in [4.69, 9.17) is 9.72 Å². The third-order valence-electron chi connectivity index (χ3n) is 5.53. The molecule has 2 aliphatic heterocycles. The SMILES string of the molecule is COc1cccc(C(=O)N2CCN(c3nc(CN4CCCCC4)cs3)CC2)c1. The third-order valence-corrected chi connectivity index (χ3v) is 6.48. The molecule has 0 N–H and O–H groups in total. The Balaban J connectivity index is 1.32. The van der Waals surface area contributed by atoms with Crippen molar-refractivity contribution in [1.82, 2.24) is 14.8 Å². The summed E-state index contributed by atoms with van der Waals surface area (Å²) >= 11 is 1.72. The van der Waals surface area contributed by atoms with Gasteiger partial charge in [0.15, 0.2) is 5.13 Å². The van der Waals surface area contributed by atoms with Crippen molar-refractivity contribution >= 4 is 22.4 Å². The van der Waals surface area contributed by atoms with Gasteiger partial charge in [-0.3, -0.25) is 9.69 Å². The van der Waals surface area contributed by atoms with E-state index in [-0.39, 0.29) is 5.91 Å². The van der Waals surface area contributed by atoms with Crippen molar-refractivity contribution in [3.05, 3.63) is 40.9 Å². The zero-order chi connectivity index (χ0) is 19.3. The van der Waals surface area contributed by atoms with Gasteiger partial charge in [0.05, 0.1) is 12.8 Å². The van der Waals surface area contributed by atoms with Gasteiger partial charge in [-0.25, -0.2) is 4.98 Å². The lowest BCUT2D eigenvalue weighted by Gasteiger charge is -2.34. The smallest absolute Gasteiger partial charge is 0.254 e. The van der Waals surface area contributed by atoms with Crippen molar-refractivity contribution in [3.63, 3.8) is 0 Å². The van der Waals surface area contributed by atoms with Gasteiger partial charge in [0.1, 0.15) is 5.75 Å². The molecule has 0 radical (unpaired) electrons. The molecular weight excluding hydrogens is 372 g/mol. The number of piperazine rings is 1. The van der Waals surface area contributed by atoms with E-state index < -0.39 is 0 Å². The Bertz CT molecular complexity index is 795. The average Bonchev–Trinajstić information content (AvgIpc) is 3.22. The molecule has 0 aliphatic carbocycles. The summed E-state index contributed by atoms with van der Waals surface area (Å²) in [7, 11) is 1.62. The third kappa shape index (κ3) is 4.47. The summed E-state index contributed by atoms with van der Waals surface area (Å²) in [6.07, 6.45) is 3.97. The van der Waals surface area contributed by atoms with Gasteiger partial charge in [0, 0.05) is 43.7 Å². The first kappa shape index (κ1) is 19.2. The van der Waals surface area contributed by atoms with Crippen LogP contribution < -0.4 is 9.64 Å². The molecule has 1 aromatic carbocycles. The van der Waals surface area contributed by atoms with Gasteiger partial charge in [-0.05, 0) is 44.1 Å². The Labute approximate surface area is 170 Å². The van der Waals surface area contributed by atoms with E-state index in [0.717, 1.165) is 37.9 Å². The minimum Gasteiger partial charge on any atom is -0.497 e. The number of benzene rings is 1. The van der Waals surface area contributed by atoms with Crippen molar-refractivity contribution in [3.8, 4) is 5.75 Å². The Morgan fingerprint density at radius 1 is 1.11 bits per heavy atom. The first-order valence-electron chi connectivity index (χ1n) is 10.1. The van der Waals surface area contributed by atoms with Crippen molar-refractivity contribution in [2.45, 2.75) is 25.8 Å². The molecule has 0 atom stereocenters. The van der Waals surface area contributed by atoms with Crippen LogP contribution in [0.25, 0.3) is 0 Å². The fourth-order valence-corrected chi connectivity index (χ4v) is 4.77. The fourth-order valence-electron chi connectivity index (χ4n) is 3.90. The van der Waals surface area contributed by atoms with E-state index in [1.165, 1.54) is 38.0 Å². The molecule has 2 aromatic rings. The summed E-state index contributed by atoms with van der Waals surface area (Å²) in [6.45, 7) is 6.44. The molecule has 2 saturated heterocycles. The maximum absolute atomic E-state index is 12.8. The van der Waals surface area contributed by atoms with Crippen LogP contribution in [0.2, 0.25) is 0 Å². The molecule has 6 nitrogen and oxygen atoms in total. The van der Waals surface area contributed by atoms with Crippen LogP contribution >= 0.6 is 11.3 Å². The van der Waals surface area contributed by atoms with Gasteiger partial charge in [-0.2, -0.15) is 0 Å². The molecule has 4 rings (SSSR count). The summed E-state index contributed by atoms with van der Waals surface area (Å²) in [5.74, 6) is 0.789. The number of ether oxygens (including phenoxy) is 1. The lowest BCUT2D eigenvalue weighted by atomic mass is 10.1. The van der Waals surface area contributed by atoms with Crippen molar-refractivity contribution in [2.75, 3.05) is 51.3 Å². The molecule has 28 heavy (non-hydrogen) atoms. The van der Waals surface area contributed by atoms with E-state index >= 15 is 0 Å². The highest BCUT2D eigenvalue weighted by Crippen LogP contribution is 2.24. The van der Waals surface area contributed by atoms with Crippen LogP contribution in [0.4, 0.5) is 5.13 Å². The number of amides is 1. The van der Waals surface area contributed by atoms with Crippen LogP contribution in [-0.4, -0.2) is 67.1 Å². The molecule has 150 valence electrons.